The molecule has 3 heteroatoms. The fraction of sp³-hybridized carbons (Fsp3) is 0.122. The van der Waals surface area contributed by atoms with Crippen LogP contribution >= 0.6 is 22.7 Å². The Morgan fingerprint density at radius 2 is 0.886 bits per heavy atom. The van der Waals surface area contributed by atoms with Gasteiger partial charge in [0.15, 0.2) is 0 Å². The van der Waals surface area contributed by atoms with Gasteiger partial charge in [-0.3, -0.25) is 0 Å². The van der Waals surface area contributed by atoms with Crippen molar-refractivity contribution in [2.75, 3.05) is 4.90 Å². The monoisotopic (exact) mass is 601 g/mol. The number of hydrogen-bond acceptors (Lipinski definition) is 3. The first-order chi connectivity index (χ1) is 21.8. The van der Waals surface area contributed by atoms with Crippen LogP contribution in [-0.2, 0) is 0 Å². The number of thiophene rings is 2. The van der Waals surface area contributed by atoms with Crippen LogP contribution < -0.4 is 4.90 Å². The first kappa shape index (κ1) is 26.0. The smallest absolute Gasteiger partial charge is 0.0476 e. The largest absolute Gasteiger partial charge is 0.310 e. The molecule has 0 N–H and O–H groups in total. The molecule has 8 aromatic rings. The van der Waals surface area contributed by atoms with Crippen LogP contribution in [0.3, 0.4) is 0 Å². The van der Waals surface area contributed by atoms with Gasteiger partial charge in [-0.15, -0.1) is 22.7 Å². The molecular formula is C41H31NS2. The summed E-state index contributed by atoms with van der Waals surface area (Å²) in [5, 5.41) is 5.32. The minimum atomic E-state index is 0.747. The van der Waals surface area contributed by atoms with Gasteiger partial charge in [-0.25, -0.2) is 0 Å². The summed E-state index contributed by atoms with van der Waals surface area (Å²) in [6, 6.07) is 49.8. The molecule has 0 saturated heterocycles. The Morgan fingerprint density at radius 3 is 1.43 bits per heavy atom. The Labute approximate surface area is 265 Å². The maximum atomic E-state index is 2.42. The number of anilines is 3. The SMILES string of the molecule is c1ccc2c(c1)sc1cc(N(c3ccc(-c4ccc(C5CCCC5)cc4)cc3)c3ccc4c(c3)sc3ccccc34)ccc12. The van der Waals surface area contributed by atoms with Gasteiger partial charge in [-0.05, 0) is 84.0 Å². The lowest BCUT2D eigenvalue weighted by atomic mass is 9.95. The highest BCUT2D eigenvalue weighted by Gasteiger charge is 2.18. The third-order valence-corrected chi connectivity index (χ3v) is 11.7. The van der Waals surface area contributed by atoms with Gasteiger partial charge in [0, 0.05) is 57.4 Å². The van der Waals surface area contributed by atoms with Crippen LogP contribution in [0.25, 0.3) is 51.5 Å². The quantitative estimate of drug-likeness (QED) is 0.190. The highest BCUT2D eigenvalue weighted by Crippen LogP contribution is 2.43. The van der Waals surface area contributed by atoms with Gasteiger partial charge in [0.2, 0.25) is 0 Å². The summed E-state index contributed by atoms with van der Waals surface area (Å²) < 4.78 is 5.30. The summed E-state index contributed by atoms with van der Waals surface area (Å²) in [5.41, 5.74) is 7.56. The van der Waals surface area contributed by atoms with Gasteiger partial charge in [0.05, 0.1) is 0 Å². The van der Waals surface area contributed by atoms with Crippen LogP contribution in [0, 0.1) is 0 Å². The zero-order valence-corrected chi connectivity index (χ0v) is 26.0. The molecule has 1 nitrogen and oxygen atoms in total. The lowest BCUT2D eigenvalue weighted by Crippen LogP contribution is -2.09. The molecule has 2 aromatic heterocycles. The molecule has 1 fully saturated rings. The summed E-state index contributed by atoms with van der Waals surface area (Å²) >= 11 is 3.75. The molecule has 44 heavy (non-hydrogen) atoms. The van der Waals surface area contributed by atoms with Gasteiger partial charge in [0.1, 0.15) is 0 Å². The number of fused-ring (bicyclic) bond motifs is 6. The predicted molar refractivity (Wildman–Crippen MR) is 194 cm³/mol. The van der Waals surface area contributed by atoms with Gasteiger partial charge in [0.25, 0.3) is 0 Å². The summed E-state index contributed by atoms with van der Waals surface area (Å²) in [6.07, 6.45) is 5.42. The van der Waals surface area contributed by atoms with Gasteiger partial charge < -0.3 is 4.90 Å². The molecule has 1 aliphatic rings. The second kappa shape index (κ2) is 10.6. The van der Waals surface area contributed by atoms with Crippen molar-refractivity contribution in [2.24, 2.45) is 0 Å². The van der Waals surface area contributed by atoms with Gasteiger partial charge >= 0.3 is 0 Å². The molecule has 6 aromatic carbocycles. The summed E-state index contributed by atoms with van der Waals surface area (Å²) in [7, 11) is 0. The Balaban J connectivity index is 1.14. The third-order valence-electron chi connectivity index (χ3n) is 9.44. The minimum absolute atomic E-state index is 0.747. The van der Waals surface area contributed by atoms with E-state index in [9.17, 15) is 0 Å². The van der Waals surface area contributed by atoms with Crippen LogP contribution in [0.1, 0.15) is 37.2 Å². The van der Waals surface area contributed by atoms with Crippen LogP contribution in [-0.4, -0.2) is 0 Å². The average Bonchev–Trinajstić information content (AvgIpc) is 3.83. The lowest BCUT2D eigenvalue weighted by molar-refractivity contribution is 0.723. The fourth-order valence-corrected chi connectivity index (χ4v) is 9.44. The van der Waals surface area contributed by atoms with Crippen molar-refractivity contribution in [3.05, 3.63) is 139 Å². The number of benzene rings is 6. The van der Waals surface area contributed by atoms with Crippen molar-refractivity contribution in [2.45, 2.75) is 31.6 Å². The van der Waals surface area contributed by atoms with E-state index >= 15 is 0 Å². The molecule has 0 radical (unpaired) electrons. The standard InChI is InChI=1S/C41H31NS2/c1-2-8-27(7-1)28-13-15-29(16-14-28)30-17-19-31(20-18-30)42(32-21-23-36-34-9-3-5-11-38(34)43-40(36)25-32)33-22-24-37-35-10-4-6-12-39(35)44-41(37)26-33/h3-6,9-27H,1-2,7-8H2. The van der Waals surface area contributed by atoms with Crippen molar-refractivity contribution in [1.82, 2.24) is 0 Å². The summed E-state index contributed by atoms with van der Waals surface area (Å²) in [6.45, 7) is 0. The average molecular weight is 602 g/mol. The van der Waals surface area contributed by atoms with E-state index in [1.54, 1.807) is 0 Å². The van der Waals surface area contributed by atoms with Crippen LogP contribution in [0.15, 0.2) is 133 Å². The van der Waals surface area contributed by atoms with E-state index in [4.69, 9.17) is 0 Å². The molecule has 1 saturated carbocycles. The maximum Gasteiger partial charge on any atom is 0.0476 e. The fourth-order valence-electron chi connectivity index (χ4n) is 7.16. The molecule has 1 aliphatic carbocycles. The zero-order chi connectivity index (χ0) is 29.0. The van der Waals surface area contributed by atoms with Crippen molar-refractivity contribution in [3.63, 3.8) is 0 Å². The van der Waals surface area contributed by atoms with Gasteiger partial charge in [-0.2, -0.15) is 0 Å². The highest BCUT2D eigenvalue weighted by molar-refractivity contribution is 7.26. The molecule has 0 aliphatic heterocycles. The molecule has 212 valence electrons. The van der Waals surface area contributed by atoms with E-state index < -0.39 is 0 Å². The molecule has 0 unspecified atom stereocenters. The minimum Gasteiger partial charge on any atom is -0.310 e. The maximum absolute atomic E-state index is 2.42. The van der Waals surface area contributed by atoms with Gasteiger partial charge in [-0.1, -0.05) is 97.8 Å². The van der Waals surface area contributed by atoms with E-state index in [1.165, 1.54) is 94.1 Å². The topological polar surface area (TPSA) is 3.24 Å². The van der Waals surface area contributed by atoms with Crippen molar-refractivity contribution in [3.8, 4) is 11.1 Å². The third kappa shape index (κ3) is 4.42. The van der Waals surface area contributed by atoms with E-state index in [-0.39, 0.29) is 0 Å². The normalized spacial score (nSPS) is 13.9. The van der Waals surface area contributed by atoms with E-state index in [1.807, 2.05) is 22.7 Å². The molecule has 2 heterocycles. The van der Waals surface area contributed by atoms with E-state index in [0.717, 1.165) is 11.6 Å². The zero-order valence-electron chi connectivity index (χ0n) is 24.4. The molecule has 0 amide bonds. The Bertz CT molecular complexity index is 2170. The van der Waals surface area contributed by atoms with Crippen molar-refractivity contribution < 1.29 is 0 Å². The number of hydrogen-bond donors (Lipinski definition) is 0. The van der Waals surface area contributed by atoms with Crippen molar-refractivity contribution in [1.29, 1.82) is 0 Å². The van der Waals surface area contributed by atoms with E-state index in [2.05, 4.69) is 138 Å². The second-order valence-corrected chi connectivity index (χ2v) is 14.2. The molecule has 0 atom stereocenters. The first-order valence-corrected chi connectivity index (χ1v) is 17.2. The second-order valence-electron chi connectivity index (χ2n) is 12.0. The predicted octanol–water partition coefficient (Wildman–Crippen LogP) is 13.2. The molecule has 0 bridgehead atoms. The number of nitrogens with zero attached hydrogens (tertiary/aromatic N) is 1. The molecule has 0 spiro atoms. The molecule has 9 rings (SSSR count). The first-order valence-electron chi connectivity index (χ1n) is 15.6. The van der Waals surface area contributed by atoms with Crippen molar-refractivity contribution >= 4 is 80.1 Å². The lowest BCUT2D eigenvalue weighted by Gasteiger charge is -2.26. The Kier molecular flexibility index (Phi) is 6.28. The Hall–Kier alpha value is -4.44. The summed E-state index contributed by atoms with van der Waals surface area (Å²) in [4.78, 5) is 2.42. The summed E-state index contributed by atoms with van der Waals surface area (Å²) in [5.74, 6) is 0.747. The molecular weight excluding hydrogens is 571 g/mol. The van der Waals surface area contributed by atoms with E-state index in [0.29, 0.717) is 0 Å². The number of rotatable bonds is 5. The van der Waals surface area contributed by atoms with Crippen LogP contribution in [0.2, 0.25) is 0 Å². The highest BCUT2D eigenvalue weighted by atomic mass is 32.1. The Morgan fingerprint density at radius 1 is 0.432 bits per heavy atom. The van der Waals surface area contributed by atoms with Crippen LogP contribution in [0.5, 0.6) is 0 Å². The van der Waals surface area contributed by atoms with Crippen LogP contribution in [0.4, 0.5) is 17.1 Å².